The third-order valence-electron chi connectivity index (χ3n) is 1.17. The van der Waals surface area contributed by atoms with Crippen LogP contribution in [-0.2, 0) is 0 Å². The summed E-state index contributed by atoms with van der Waals surface area (Å²) in [6, 6.07) is 0. The minimum absolute atomic E-state index is 0.000000000000000222. The second-order valence-corrected chi connectivity index (χ2v) is 3.21. The van der Waals surface area contributed by atoms with E-state index in [0.717, 1.165) is 6.42 Å². The van der Waals surface area contributed by atoms with Gasteiger partial charge in [-0.1, -0.05) is 6.92 Å². The molecule has 1 atom stereocenters. The summed E-state index contributed by atoms with van der Waals surface area (Å²) in [6.45, 7) is 4.13. The highest BCUT2D eigenvalue weighted by Gasteiger charge is 2.10. The number of hydrogen-bond donors (Lipinski definition) is 1. The molecule has 7 heavy (non-hydrogen) atoms. The molecule has 0 aliphatic carbocycles. The fourth-order valence-corrected chi connectivity index (χ4v) is 0.433. The molecule has 0 aromatic heterocycles. The van der Waals surface area contributed by atoms with Crippen LogP contribution in [0.15, 0.2) is 0 Å². The lowest BCUT2D eigenvalue weighted by Gasteiger charge is -2.18. The van der Waals surface area contributed by atoms with Crippen LogP contribution in [-0.4, -0.2) is 11.1 Å². The molecule has 2 heteroatoms. The number of nitrogens with two attached hydrogens (primary N) is 1. The summed E-state index contributed by atoms with van der Waals surface area (Å²) in [6.07, 6.45) is 3.07. The number of thioether (sulfide) groups is 1. The van der Waals surface area contributed by atoms with Crippen molar-refractivity contribution in [1.82, 2.24) is 0 Å². The fraction of sp³-hybridized carbons (Fsp3) is 1.00. The maximum atomic E-state index is 5.68. The topological polar surface area (TPSA) is 26.0 Å². The fourth-order valence-electron chi connectivity index (χ4n) is 0.144. The number of rotatable bonds is 2. The van der Waals surface area contributed by atoms with Crippen LogP contribution in [0.1, 0.15) is 20.3 Å². The van der Waals surface area contributed by atoms with Crippen molar-refractivity contribution >= 4 is 11.8 Å². The van der Waals surface area contributed by atoms with Gasteiger partial charge in [-0.25, -0.2) is 0 Å². The molecule has 2 N–H and O–H groups in total. The van der Waals surface area contributed by atoms with Gasteiger partial charge in [0, 0.05) is 0 Å². The summed E-state index contributed by atoms with van der Waals surface area (Å²) >= 11 is 1.70. The molecule has 0 aromatic rings. The van der Waals surface area contributed by atoms with Gasteiger partial charge in [0.2, 0.25) is 0 Å². The van der Waals surface area contributed by atoms with Gasteiger partial charge >= 0.3 is 0 Å². The molecule has 0 bridgehead atoms. The quantitative estimate of drug-likeness (QED) is 0.556. The van der Waals surface area contributed by atoms with Crippen LogP contribution in [0, 0.1) is 0 Å². The average Bonchev–Trinajstić information content (AvgIpc) is 1.68. The maximum absolute atomic E-state index is 5.68. The zero-order valence-corrected chi connectivity index (χ0v) is 6.01. The van der Waals surface area contributed by atoms with Crippen LogP contribution < -0.4 is 5.73 Å². The van der Waals surface area contributed by atoms with Gasteiger partial charge in [-0.2, -0.15) is 0 Å². The molecule has 0 rings (SSSR count). The highest BCUT2D eigenvalue weighted by atomic mass is 32.2. The van der Waals surface area contributed by atoms with Crippen LogP contribution in [0.2, 0.25) is 0 Å². The lowest BCUT2D eigenvalue weighted by atomic mass is 10.3. The van der Waals surface area contributed by atoms with Gasteiger partial charge < -0.3 is 5.73 Å². The van der Waals surface area contributed by atoms with Crippen molar-refractivity contribution in [2.24, 2.45) is 5.73 Å². The van der Waals surface area contributed by atoms with Gasteiger partial charge in [-0.15, -0.1) is 11.8 Å². The Labute approximate surface area is 49.7 Å². The van der Waals surface area contributed by atoms with Gasteiger partial charge in [0.15, 0.2) is 0 Å². The highest BCUT2D eigenvalue weighted by molar-refractivity contribution is 7.99. The Morgan fingerprint density at radius 2 is 2.14 bits per heavy atom. The van der Waals surface area contributed by atoms with Crippen LogP contribution in [0.5, 0.6) is 0 Å². The smallest absolute Gasteiger partial charge is 0.0586 e. The monoisotopic (exact) mass is 119 g/mol. The molecule has 0 fully saturated rings. The second kappa shape index (κ2) is 2.58. The molecule has 0 saturated carbocycles. The van der Waals surface area contributed by atoms with E-state index in [9.17, 15) is 0 Å². The van der Waals surface area contributed by atoms with E-state index < -0.39 is 0 Å². The summed E-state index contributed by atoms with van der Waals surface area (Å²) in [5, 5.41) is 0. The molecule has 0 aliphatic heterocycles. The molecule has 0 amide bonds. The van der Waals surface area contributed by atoms with Gasteiger partial charge in [0.25, 0.3) is 0 Å². The molecule has 0 saturated heterocycles. The Bertz CT molecular complexity index is 46.0. The normalized spacial score (nSPS) is 18.9. The van der Waals surface area contributed by atoms with Crippen LogP contribution in [0.25, 0.3) is 0 Å². The largest absolute Gasteiger partial charge is 0.317 e. The minimum atomic E-state index is 0.000000000000000222. The SMILES string of the molecule is CCC(C)(N)SC. The van der Waals surface area contributed by atoms with Crippen LogP contribution in [0.4, 0.5) is 0 Å². The van der Waals surface area contributed by atoms with E-state index in [1.807, 2.05) is 13.2 Å². The van der Waals surface area contributed by atoms with Crippen molar-refractivity contribution in [3.8, 4) is 0 Å². The van der Waals surface area contributed by atoms with Crippen LogP contribution in [0.3, 0.4) is 0 Å². The predicted molar refractivity (Wildman–Crippen MR) is 36.4 cm³/mol. The third kappa shape index (κ3) is 2.94. The average molecular weight is 119 g/mol. The molecular weight excluding hydrogens is 106 g/mol. The van der Waals surface area contributed by atoms with E-state index >= 15 is 0 Å². The van der Waals surface area contributed by atoms with Gasteiger partial charge in [-0.3, -0.25) is 0 Å². The molecule has 0 radical (unpaired) electrons. The molecule has 0 aromatic carbocycles. The van der Waals surface area contributed by atoms with E-state index in [0.29, 0.717) is 0 Å². The second-order valence-electron chi connectivity index (χ2n) is 1.87. The molecule has 0 aliphatic rings. The first-order chi connectivity index (χ1) is 3.12. The van der Waals surface area contributed by atoms with Crippen molar-refractivity contribution < 1.29 is 0 Å². The summed E-state index contributed by atoms with van der Waals surface area (Å²) in [4.78, 5) is 0.000000000000000222. The van der Waals surface area contributed by atoms with Gasteiger partial charge in [-0.05, 0) is 19.6 Å². The van der Waals surface area contributed by atoms with Crippen molar-refractivity contribution in [1.29, 1.82) is 0 Å². The maximum Gasteiger partial charge on any atom is 0.0586 e. The molecule has 0 heterocycles. The summed E-state index contributed by atoms with van der Waals surface area (Å²) in [5.41, 5.74) is 5.68. The lowest BCUT2D eigenvalue weighted by Crippen LogP contribution is -2.29. The zero-order chi connectivity index (χ0) is 5.91. The minimum Gasteiger partial charge on any atom is -0.317 e. The van der Waals surface area contributed by atoms with Crippen LogP contribution >= 0.6 is 11.8 Å². The van der Waals surface area contributed by atoms with Crippen molar-refractivity contribution in [3.63, 3.8) is 0 Å². The van der Waals surface area contributed by atoms with E-state index in [1.54, 1.807) is 11.8 Å². The lowest BCUT2D eigenvalue weighted by molar-refractivity contribution is 0.653. The predicted octanol–water partition coefficient (Wildman–Crippen LogP) is 1.43. The van der Waals surface area contributed by atoms with E-state index in [1.165, 1.54) is 0 Å². The zero-order valence-electron chi connectivity index (χ0n) is 5.19. The first kappa shape index (κ1) is 7.31. The molecule has 1 unspecified atom stereocenters. The first-order valence-electron chi connectivity index (χ1n) is 2.46. The van der Waals surface area contributed by atoms with E-state index in [-0.39, 0.29) is 4.87 Å². The third-order valence-corrected chi connectivity index (χ3v) is 2.39. The Morgan fingerprint density at radius 1 is 1.71 bits per heavy atom. The Balaban J connectivity index is 3.36. The standard InChI is InChI=1S/C5H13NS/c1-4-5(2,6)7-3/h4,6H2,1-3H3. The summed E-state index contributed by atoms with van der Waals surface area (Å²) in [5.74, 6) is 0. The summed E-state index contributed by atoms with van der Waals surface area (Å²) in [7, 11) is 0. The van der Waals surface area contributed by atoms with E-state index in [4.69, 9.17) is 5.73 Å². The Kier molecular flexibility index (Phi) is 2.69. The van der Waals surface area contributed by atoms with E-state index in [2.05, 4.69) is 6.92 Å². The molecule has 1 nitrogen and oxygen atoms in total. The molecule has 0 spiro atoms. The first-order valence-corrected chi connectivity index (χ1v) is 3.69. The van der Waals surface area contributed by atoms with Crippen molar-refractivity contribution in [2.45, 2.75) is 25.1 Å². The Morgan fingerprint density at radius 3 is 2.14 bits per heavy atom. The Hall–Kier alpha value is 0.310. The van der Waals surface area contributed by atoms with Crippen molar-refractivity contribution in [3.05, 3.63) is 0 Å². The van der Waals surface area contributed by atoms with Gasteiger partial charge in [0.1, 0.15) is 0 Å². The van der Waals surface area contributed by atoms with Gasteiger partial charge in [0.05, 0.1) is 4.87 Å². The number of hydrogen-bond acceptors (Lipinski definition) is 2. The molecule has 44 valence electrons. The molecular formula is C5H13NS. The van der Waals surface area contributed by atoms with Crippen molar-refractivity contribution in [2.75, 3.05) is 6.26 Å². The summed E-state index contributed by atoms with van der Waals surface area (Å²) < 4.78 is 0. The highest BCUT2D eigenvalue weighted by Crippen LogP contribution is 2.17.